The lowest BCUT2D eigenvalue weighted by molar-refractivity contribution is 0.610. The Morgan fingerprint density at radius 1 is 0.760 bits per heavy atom. The zero-order valence-corrected chi connectivity index (χ0v) is 17.2. The van der Waals surface area contributed by atoms with Crippen molar-refractivity contribution in [2.45, 2.75) is 95.3 Å². The monoisotopic (exact) mass is 361 g/mol. The maximum absolute atomic E-state index is 5.96. The van der Waals surface area contributed by atoms with Crippen LogP contribution in [-0.2, 0) is 0 Å². The topological polar surface area (TPSA) is 26.0 Å². The molecule has 0 spiro atoms. The highest BCUT2D eigenvalue weighted by Gasteiger charge is 1.98. The van der Waals surface area contributed by atoms with E-state index in [0.717, 1.165) is 5.69 Å². The minimum atomic E-state index is 0.917. The summed E-state index contributed by atoms with van der Waals surface area (Å²) in [6.07, 6.45) is 22.5. The fourth-order valence-corrected chi connectivity index (χ4v) is 3.94. The zero-order chi connectivity index (χ0) is 18.0. The smallest absolute Gasteiger partial charge is 0.0452 e. The van der Waals surface area contributed by atoms with E-state index in [9.17, 15) is 0 Å². The lowest BCUT2D eigenvalue weighted by Gasteiger charge is -2.04. The molecule has 0 radical (unpaired) electrons. The molecule has 0 heterocycles. The van der Waals surface area contributed by atoms with E-state index in [1.165, 1.54) is 94.1 Å². The SMILES string of the molecule is CCCCCCCC/C=C\CCCCCCCSc1ccccc1N. The summed E-state index contributed by atoms with van der Waals surface area (Å²) in [6.45, 7) is 2.28. The molecule has 1 nitrogen and oxygen atoms in total. The first-order valence-electron chi connectivity index (χ1n) is 10.5. The number of para-hydroxylation sites is 1. The van der Waals surface area contributed by atoms with Crippen molar-refractivity contribution in [3.8, 4) is 0 Å². The van der Waals surface area contributed by atoms with Crippen molar-refractivity contribution in [3.63, 3.8) is 0 Å². The summed E-state index contributed by atoms with van der Waals surface area (Å²) in [5, 5.41) is 0. The van der Waals surface area contributed by atoms with Gasteiger partial charge in [0.1, 0.15) is 0 Å². The van der Waals surface area contributed by atoms with Crippen molar-refractivity contribution in [2.24, 2.45) is 0 Å². The molecule has 0 amide bonds. The molecule has 2 heteroatoms. The summed E-state index contributed by atoms with van der Waals surface area (Å²) in [6, 6.07) is 8.18. The van der Waals surface area contributed by atoms with Gasteiger partial charge in [0, 0.05) is 10.6 Å². The molecule has 0 unspecified atom stereocenters. The average Bonchev–Trinajstić information content (AvgIpc) is 2.63. The van der Waals surface area contributed by atoms with Gasteiger partial charge in [-0.05, 0) is 50.0 Å². The molecule has 25 heavy (non-hydrogen) atoms. The van der Waals surface area contributed by atoms with Crippen LogP contribution in [0.2, 0.25) is 0 Å². The van der Waals surface area contributed by atoms with Crippen LogP contribution < -0.4 is 5.73 Å². The van der Waals surface area contributed by atoms with Gasteiger partial charge in [-0.1, -0.05) is 82.6 Å². The first-order chi connectivity index (χ1) is 12.3. The molecular weight excluding hydrogens is 322 g/mol. The van der Waals surface area contributed by atoms with Gasteiger partial charge in [-0.3, -0.25) is 0 Å². The fourth-order valence-electron chi connectivity index (χ4n) is 2.97. The normalized spacial score (nSPS) is 11.4. The molecule has 2 N–H and O–H groups in total. The molecule has 0 aliphatic rings. The van der Waals surface area contributed by atoms with E-state index in [2.05, 4.69) is 31.2 Å². The quantitative estimate of drug-likeness (QED) is 0.140. The molecule has 142 valence electrons. The van der Waals surface area contributed by atoms with Gasteiger partial charge in [0.25, 0.3) is 0 Å². The van der Waals surface area contributed by atoms with Gasteiger partial charge < -0.3 is 5.73 Å². The van der Waals surface area contributed by atoms with E-state index in [1.807, 2.05) is 23.9 Å². The Bertz CT molecular complexity index is 441. The second kappa shape index (κ2) is 16.6. The number of anilines is 1. The Kier molecular flexibility index (Phi) is 14.7. The summed E-state index contributed by atoms with van der Waals surface area (Å²) >= 11 is 1.90. The van der Waals surface area contributed by atoms with E-state index in [-0.39, 0.29) is 0 Å². The highest BCUT2D eigenvalue weighted by molar-refractivity contribution is 7.99. The molecule has 0 atom stereocenters. The minimum absolute atomic E-state index is 0.917. The molecule has 0 saturated carbocycles. The Labute approximate surface area is 160 Å². The second-order valence-corrected chi connectivity index (χ2v) is 8.11. The van der Waals surface area contributed by atoms with Gasteiger partial charge in [-0.15, -0.1) is 11.8 Å². The second-order valence-electron chi connectivity index (χ2n) is 6.97. The van der Waals surface area contributed by atoms with E-state index in [4.69, 9.17) is 5.73 Å². The van der Waals surface area contributed by atoms with Crippen molar-refractivity contribution in [2.75, 3.05) is 11.5 Å². The van der Waals surface area contributed by atoms with E-state index >= 15 is 0 Å². The molecule has 0 saturated heterocycles. The largest absolute Gasteiger partial charge is 0.398 e. The van der Waals surface area contributed by atoms with Crippen molar-refractivity contribution >= 4 is 17.4 Å². The highest BCUT2D eigenvalue weighted by Crippen LogP contribution is 2.25. The van der Waals surface area contributed by atoms with E-state index in [0.29, 0.717) is 0 Å². The van der Waals surface area contributed by atoms with Gasteiger partial charge in [0.2, 0.25) is 0 Å². The number of hydrogen-bond donors (Lipinski definition) is 1. The van der Waals surface area contributed by atoms with Gasteiger partial charge in [0.05, 0.1) is 0 Å². The zero-order valence-electron chi connectivity index (χ0n) is 16.3. The standard InChI is InChI=1S/C23H39NS/c1-2-3-4-5-6-7-8-9-10-11-12-13-14-15-18-21-25-23-20-17-16-19-22(23)24/h9-10,16-17,19-20H,2-8,11-15,18,21,24H2,1H3/b10-9-. The first kappa shape index (κ1) is 22.2. The van der Waals surface area contributed by atoms with Crippen LogP contribution >= 0.6 is 11.8 Å². The van der Waals surface area contributed by atoms with Gasteiger partial charge in [-0.2, -0.15) is 0 Å². The highest BCUT2D eigenvalue weighted by atomic mass is 32.2. The lowest BCUT2D eigenvalue weighted by Crippen LogP contribution is -1.88. The van der Waals surface area contributed by atoms with E-state index in [1.54, 1.807) is 0 Å². The van der Waals surface area contributed by atoms with Crippen molar-refractivity contribution in [1.29, 1.82) is 0 Å². The summed E-state index contributed by atoms with van der Waals surface area (Å²) in [4.78, 5) is 1.23. The Balaban J connectivity index is 1.81. The van der Waals surface area contributed by atoms with Crippen LogP contribution in [0.25, 0.3) is 0 Å². The van der Waals surface area contributed by atoms with Crippen molar-refractivity contribution in [3.05, 3.63) is 36.4 Å². The van der Waals surface area contributed by atoms with Crippen molar-refractivity contribution in [1.82, 2.24) is 0 Å². The maximum atomic E-state index is 5.96. The number of allylic oxidation sites excluding steroid dienone is 2. The Hall–Kier alpha value is -0.890. The molecule has 0 aliphatic heterocycles. The summed E-state index contributed by atoms with van der Waals surface area (Å²) in [5.74, 6) is 1.19. The number of nitrogen functional groups attached to an aromatic ring is 1. The first-order valence-corrected chi connectivity index (χ1v) is 11.5. The van der Waals surface area contributed by atoms with Gasteiger partial charge in [-0.25, -0.2) is 0 Å². The molecule has 0 bridgehead atoms. The van der Waals surface area contributed by atoms with Crippen molar-refractivity contribution < 1.29 is 0 Å². The van der Waals surface area contributed by atoms with Crippen LogP contribution in [-0.4, -0.2) is 5.75 Å². The molecule has 0 aliphatic carbocycles. The number of hydrogen-bond acceptors (Lipinski definition) is 2. The molecule has 1 rings (SSSR count). The fraction of sp³-hybridized carbons (Fsp3) is 0.652. The predicted molar refractivity (Wildman–Crippen MR) is 116 cm³/mol. The Morgan fingerprint density at radius 2 is 1.32 bits per heavy atom. The summed E-state index contributed by atoms with van der Waals surface area (Å²) in [7, 11) is 0. The molecule has 0 aromatic heterocycles. The van der Waals surface area contributed by atoms with Crippen LogP contribution in [0.5, 0.6) is 0 Å². The number of benzene rings is 1. The third-order valence-electron chi connectivity index (χ3n) is 4.58. The minimum Gasteiger partial charge on any atom is -0.398 e. The number of rotatable bonds is 16. The molecular formula is C23H39NS. The number of unbranched alkanes of at least 4 members (excludes halogenated alkanes) is 11. The van der Waals surface area contributed by atoms with Crippen LogP contribution in [0, 0.1) is 0 Å². The van der Waals surface area contributed by atoms with E-state index < -0.39 is 0 Å². The van der Waals surface area contributed by atoms with Crippen LogP contribution in [0.15, 0.2) is 41.3 Å². The lowest BCUT2D eigenvalue weighted by atomic mass is 10.1. The number of nitrogens with two attached hydrogens (primary N) is 1. The third-order valence-corrected chi connectivity index (χ3v) is 5.76. The van der Waals surface area contributed by atoms with Gasteiger partial charge in [0.15, 0.2) is 0 Å². The molecule has 1 aromatic carbocycles. The third kappa shape index (κ3) is 13.0. The van der Waals surface area contributed by atoms with Crippen LogP contribution in [0.3, 0.4) is 0 Å². The predicted octanol–water partition coefficient (Wildman–Crippen LogP) is 8.01. The molecule has 1 aromatic rings. The van der Waals surface area contributed by atoms with Crippen LogP contribution in [0.1, 0.15) is 90.4 Å². The maximum Gasteiger partial charge on any atom is 0.0452 e. The summed E-state index contributed by atoms with van der Waals surface area (Å²) < 4.78 is 0. The summed E-state index contributed by atoms with van der Waals surface area (Å²) in [5.41, 5.74) is 6.88. The number of thioether (sulfide) groups is 1. The average molecular weight is 362 g/mol. The van der Waals surface area contributed by atoms with Gasteiger partial charge >= 0.3 is 0 Å². The van der Waals surface area contributed by atoms with Crippen LogP contribution in [0.4, 0.5) is 5.69 Å². The molecule has 0 fully saturated rings. The Morgan fingerprint density at radius 3 is 1.96 bits per heavy atom.